The fourth-order valence-electron chi connectivity index (χ4n) is 4.32. The molecule has 1 aromatic carbocycles. The molecule has 7 nitrogen and oxygen atoms in total. The summed E-state index contributed by atoms with van der Waals surface area (Å²) in [6.07, 6.45) is 11.4. The van der Waals surface area contributed by atoms with Crippen molar-refractivity contribution in [3.05, 3.63) is 30.6 Å². The Kier molecular flexibility index (Phi) is 9.94. The number of fused-ring (bicyclic) bond motifs is 3. The highest BCUT2D eigenvalue weighted by molar-refractivity contribution is 6.06. The fourth-order valence-corrected chi connectivity index (χ4v) is 4.32. The van der Waals surface area contributed by atoms with E-state index in [9.17, 15) is 4.79 Å². The molecule has 7 heteroatoms. The molecular formula is C26H39N5O2. The van der Waals surface area contributed by atoms with Gasteiger partial charge in [0.05, 0.1) is 30.0 Å². The number of imidazole rings is 1. The number of carbonyl (C=O) groups excluding carboxylic acids is 1. The Hall–Kier alpha value is -2.67. The molecule has 0 saturated carbocycles. The first kappa shape index (κ1) is 25.0. The molecule has 1 atom stereocenters. The number of hydrogen-bond donors (Lipinski definition) is 2. The second kappa shape index (κ2) is 13.1. The third-order valence-electron chi connectivity index (χ3n) is 6.14. The van der Waals surface area contributed by atoms with Gasteiger partial charge in [-0.25, -0.2) is 9.97 Å². The lowest BCUT2D eigenvalue weighted by Crippen LogP contribution is -2.25. The number of anilines is 1. The van der Waals surface area contributed by atoms with Gasteiger partial charge in [0.1, 0.15) is 5.52 Å². The van der Waals surface area contributed by atoms with E-state index in [4.69, 9.17) is 10.5 Å². The maximum Gasteiger partial charge on any atom is 0.219 e. The van der Waals surface area contributed by atoms with Gasteiger partial charge < -0.3 is 20.4 Å². The van der Waals surface area contributed by atoms with Crippen molar-refractivity contribution in [1.29, 1.82) is 0 Å². The van der Waals surface area contributed by atoms with E-state index < -0.39 is 0 Å². The average molecular weight is 454 g/mol. The fraction of sp³-hybridized carbons (Fsp3) is 0.577. The molecule has 3 N–H and O–H groups in total. The number of nitrogens with zero attached hydrogens (tertiary/aromatic N) is 3. The Labute approximate surface area is 197 Å². The number of benzene rings is 1. The number of pyridine rings is 1. The largest absolute Gasteiger partial charge is 0.382 e. The van der Waals surface area contributed by atoms with Crippen LogP contribution in [0.5, 0.6) is 0 Å². The Morgan fingerprint density at radius 2 is 1.91 bits per heavy atom. The molecule has 33 heavy (non-hydrogen) atoms. The second-order valence-electron chi connectivity index (χ2n) is 8.69. The number of ether oxygens (including phenoxy) is 1. The van der Waals surface area contributed by atoms with Gasteiger partial charge in [0.25, 0.3) is 0 Å². The molecule has 3 rings (SSSR count). The Bertz CT molecular complexity index is 1020. The lowest BCUT2D eigenvalue weighted by Gasteiger charge is -2.20. The molecule has 0 fully saturated rings. The third kappa shape index (κ3) is 6.90. The zero-order valence-electron chi connectivity index (χ0n) is 20.2. The first-order valence-electron chi connectivity index (χ1n) is 12.5. The second-order valence-corrected chi connectivity index (χ2v) is 8.69. The zero-order chi connectivity index (χ0) is 23.5. The minimum atomic E-state index is 0.107. The van der Waals surface area contributed by atoms with Crippen molar-refractivity contribution in [2.45, 2.75) is 77.7 Å². The lowest BCUT2D eigenvalue weighted by atomic mass is 10.1. The quantitative estimate of drug-likeness (QED) is 0.301. The van der Waals surface area contributed by atoms with Crippen LogP contribution in [0.4, 0.5) is 5.82 Å². The Morgan fingerprint density at radius 3 is 2.73 bits per heavy atom. The molecule has 0 spiro atoms. The van der Waals surface area contributed by atoms with Crippen LogP contribution in [0.3, 0.4) is 0 Å². The highest BCUT2D eigenvalue weighted by Gasteiger charge is 2.18. The Balaban J connectivity index is 1.59. The predicted octanol–water partition coefficient (Wildman–Crippen LogP) is 5.39. The smallest absolute Gasteiger partial charge is 0.219 e. The number of rotatable bonds is 15. The summed E-state index contributed by atoms with van der Waals surface area (Å²) in [7, 11) is 0. The maximum atomic E-state index is 12.2. The van der Waals surface area contributed by atoms with E-state index in [0.29, 0.717) is 32.0 Å². The minimum Gasteiger partial charge on any atom is -0.382 e. The minimum absolute atomic E-state index is 0.107. The molecule has 2 aromatic heterocycles. The van der Waals surface area contributed by atoms with Gasteiger partial charge in [0.15, 0.2) is 5.82 Å². The van der Waals surface area contributed by atoms with Crippen molar-refractivity contribution < 1.29 is 9.53 Å². The van der Waals surface area contributed by atoms with Gasteiger partial charge in [-0.15, -0.1) is 0 Å². The van der Waals surface area contributed by atoms with E-state index in [0.717, 1.165) is 47.6 Å². The Morgan fingerprint density at radius 1 is 1.12 bits per heavy atom. The topological polar surface area (TPSA) is 95.1 Å². The van der Waals surface area contributed by atoms with Gasteiger partial charge in [0, 0.05) is 25.0 Å². The number of nitrogens with two attached hydrogens (primary N) is 1. The molecule has 0 aliphatic rings. The molecule has 3 aromatic rings. The molecule has 0 aliphatic carbocycles. The third-order valence-corrected chi connectivity index (χ3v) is 6.14. The van der Waals surface area contributed by atoms with Crippen LogP contribution in [0.25, 0.3) is 21.9 Å². The van der Waals surface area contributed by atoms with Gasteiger partial charge in [-0.3, -0.25) is 4.79 Å². The molecule has 0 aliphatic heterocycles. The van der Waals surface area contributed by atoms with E-state index in [2.05, 4.69) is 32.8 Å². The van der Waals surface area contributed by atoms with Gasteiger partial charge in [-0.2, -0.15) is 0 Å². The van der Waals surface area contributed by atoms with Crippen LogP contribution in [0.15, 0.2) is 30.6 Å². The van der Waals surface area contributed by atoms with Gasteiger partial charge >= 0.3 is 0 Å². The van der Waals surface area contributed by atoms with E-state index in [1.165, 1.54) is 25.7 Å². The van der Waals surface area contributed by atoms with Gasteiger partial charge in [-0.05, 0) is 32.3 Å². The van der Waals surface area contributed by atoms with Crippen molar-refractivity contribution in [2.75, 3.05) is 25.5 Å². The summed E-state index contributed by atoms with van der Waals surface area (Å²) in [5.41, 5.74) is 8.78. The summed E-state index contributed by atoms with van der Waals surface area (Å²) < 4.78 is 7.97. The first-order chi connectivity index (χ1) is 16.2. The number of nitrogen functional groups attached to an aromatic ring is 1. The predicted molar refractivity (Wildman–Crippen MR) is 135 cm³/mol. The van der Waals surface area contributed by atoms with Crippen LogP contribution in [0, 0.1) is 0 Å². The highest BCUT2D eigenvalue weighted by Crippen LogP contribution is 2.30. The molecule has 0 bridgehead atoms. The number of carbonyl (C=O) groups is 1. The number of nitrogens with one attached hydrogen (secondary N) is 1. The average Bonchev–Trinajstić information content (AvgIpc) is 3.27. The van der Waals surface area contributed by atoms with Crippen LogP contribution in [-0.4, -0.2) is 40.2 Å². The zero-order valence-corrected chi connectivity index (χ0v) is 20.2. The highest BCUT2D eigenvalue weighted by atomic mass is 16.5. The van der Waals surface area contributed by atoms with E-state index >= 15 is 0 Å². The van der Waals surface area contributed by atoms with E-state index in [1.807, 2.05) is 31.5 Å². The lowest BCUT2D eigenvalue weighted by molar-refractivity contribution is -0.121. The summed E-state index contributed by atoms with van der Waals surface area (Å²) >= 11 is 0. The summed E-state index contributed by atoms with van der Waals surface area (Å²) in [4.78, 5) is 21.2. The molecule has 1 amide bonds. The summed E-state index contributed by atoms with van der Waals surface area (Å²) in [6, 6.07) is 8.11. The molecule has 2 heterocycles. The number of amides is 1. The molecule has 0 radical (unpaired) electrons. The molecular weight excluding hydrogens is 414 g/mol. The van der Waals surface area contributed by atoms with Crippen LogP contribution in [0.2, 0.25) is 0 Å². The summed E-state index contributed by atoms with van der Waals surface area (Å²) in [6.45, 7) is 6.14. The monoisotopic (exact) mass is 453 g/mol. The van der Waals surface area contributed by atoms with Gasteiger partial charge in [-0.1, -0.05) is 57.2 Å². The van der Waals surface area contributed by atoms with Crippen LogP contribution in [-0.2, 0) is 9.53 Å². The number of hydrogen-bond acceptors (Lipinski definition) is 5. The van der Waals surface area contributed by atoms with Crippen LogP contribution in [0.1, 0.15) is 77.7 Å². The van der Waals surface area contributed by atoms with Crippen molar-refractivity contribution >= 4 is 33.7 Å². The normalized spacial score (nSPS) is 12.4. The van der Waals surface area contributed by atoms with Crippen molar-refractivity contribution in [2.24, 2.45) is 0 Å². The van der Waals surface area contributed by atoms with Crippen molar-refractivity contribution in [3.63, 3.8) is 0 Å². The van der Waals surface area contributed by atoms with Crippen LogP contribution < -0.4 is 11.1 Å². The van der Waals surface area contributed by atoms with Gasteiger partial charge in [0.2, 0.25) is 5.91 Å². The molecule has 180 valence electrons. The number of unbranched alkanes of at least 4 members (excludes halogenated alkanes) is 5. The molecule has 1 unspecified atom stereocenters. The first-order valence-corrected chi connectivity index (χ1v) is 12.5. The maximum absolute atomic E-state index is 12.2. The van der Waals surface area contributed by atoms with Crippen molar-refractivity contribution in [1.82, 2.24) is 19.9 Å². The standard InChI is InChI=1S/C26H39N5O2/c1-3-5-6-7-8-9-16-23(32)28-17-12-13-20(18-33-4-2)31-19-29-24-25(31)21-14-10-11-15-22(21)30-26(24)27/h10-11,14-15,19-20H,3-9,12-13,16-18H2,1-2H3,(H2,27,30)(H,28,32). The van der Waals surface area contributed by atoms with E-state index in [-0.39, 0.29) is 11.9 Å². The number of para-hydroxylation sites is 1. The number of aromatic nitrogens is 3. The summed E-state index contributed by atoms with van der Waals surface area (Å²) in [5, 5.41) is 4.12. The van der Waals surface area contributed by atoms with E-state index in [1.54, 1.807) is 0 Å². The van der Waals surface area contributed by atoms with Crippen molar-refractivity contribution in [3.8, 4) is 0 Å². The molecule has 0 saturated heterocycles. The summed E-state index contributed by atoms with van der Waals surface area (Å²) in [5.74, 6) is 0.601. The van der Waals surface area contributed by atoms with Crippen LogP contribution >= 0.6 is 0 Å². The SMILES string of the molecule is CCCCCCCCC(=O)NCCCC(COCC)n1cnc2c(N)nc3ccccc3c21.